The number of likely N-dealkylation sites (tertiary alicyclic amines) is 1. The minimum absolute atomic E-state index is 0.280. The SMILES string of the molecule is CCC(O)C(=O)NCCN1CCC(CO)CC1. The quantitative estimate of drug-likeness (QED) is 0.593. The molecule has 1 saturated heterocycles. The van der Waals surface area contributed by atoms with Gasteiger partial charge in [0.05, 0.1) is 0 Å². The third kappa shape index (κ3) is 5.02. The van der Waals surface area contributed by atoms with E-state index in [0.717, 1.165) is 32.5 Å². The largest absolute Gasteiger partial charge is 0.396 e. The highest BCUT2D eigenvalue weighted by Crippen LogP contribution is 2.15. The topological polar surface area (TPSA) is 72.8 Å². The number of rotatable bonds is 6. The number of piperidine rings is 1. The Hall–Kier alpha value is -0.650. The molecule has 5 heteroatoms. The molecule has 100 valence electrons. The third-order valence-electron chi connectivity index (χ3n) is 3.38. The molecule has 0 saturated carbocycles. The first kappa shape index (κ1) is 14.4. The number of nitrogens with one attached hydrogen (secondary N) is 1. The molecule has 1 heterocycles. The molecular weight excluding hydrogens is 220 g/mol. The van der Waals surface area contributed by atoms with Gasteiger partial charge in [0.2, 0.25) is 5.91 Å². The van der Waals surface area contributed by atoms with Gasteiger partial charge in [-0.3, -0.25) is 4.79 Å². The van der Waals surface area contributed by atoms with Gasteiger partial charge in [0.25, 0.3) is 0 Å². The van der Waals surface area contributed by atoms with Crippen LogP contribution in [0.15, 0.2) is 0 Å². The summed E-state index contributed by atoms with van der Waals surface area (Å²) in [5, 5.41) is 21.0. The summed E-state index contributed by atoms with van der Waals surface area (Å²) in [5.41, 5.74) is 0. The van der Waals surface area contributed by atoms with Gasteiger partial charge in [0.1, 0.15) is 6.10 Å². The van der Waals surface area contributed by atoms with Gasteiger partial charge >= 0.3 is 0 Å². The van der Waals surface area contributed by atoms with E-state index in [0.29, 0.717) is 18.9 Å². The van der Waals surface area contributed by atoms with E-state index in [9.17, 15) is 9.90 Å². The van der Waals surface area contributed by atoms with Crippen LogP contribution in [-0.2, 0) is 4.79 Å². The Balaban J connectivity index is 2.09. The fraction of sp³-hybridized carbons (Fsp3) is 0.917. The molecule has 1 aliphatic rings. The molecule has 0 radical (unpaired) electrons. The van der Waals surface area contributed by atoms with Crippen molar-refractivity contribution in [3.05, 3.63) is 0 Å². The molecule has 0 aromatic rings. The highest BCUT2D eigenvalue weighted by atomic mass is 16.3. The number of carbonyl (C=O) groups is 1. The van der Waals surface area contributed by atoms with Crippen LogP contribution < -0.4 is 5.32 Å². The maximum atomic E-state index is 11.3. The molecule has 0 aliphatic carbocycles. The van der Waals surface area contributed by atoms with E-state index in [-0.39, 0.29) is 12.5 Å². The Morgan fingerprint density at radius 1 is 1.47 bits per heavy atom. The minimum atomic E-state index is -0.880. The first-order chi connectivity index (χ1) is 8.17. The summed E-state index contributed by atoms with van der Waals surface area (Å²) >= 11 is 0. The van der Waals surface area contributed by atoms with Gasteiger partial charge in [-0.05, 0) is 38.3 Å². The molecule has 1 aliphatic heterocycles. The van der Waals surface area contributed by atoms with Gasteiger partial charge < -0.3 is 20.4 Å². The van der Waals surface area contributed by atoms with Crippen LogP contribution in [0.3, 0.4) is 0 Å². The predicted molar refractivity (Wildman–Crippen MR) is 65.6 cm³/mol. The van der Waals surface area contributed by atoms with E-state index in [4.69, 9.17) is 5.11 Å². The van der Waals surface area contributed by atoms with Crippen LogP contribution in [0.4, 0.5) is 0 Å². The molecule has 1 rings (SSSR count). The Morgan fingerprint density at radius 3 is 2.65 bits per heavy atom. The predicted octanol–water partition coefficient (Wildman–Crippen LogP) is -0.422. The molecular formula is C12H24N2O3. The second-order valence-corrected chi connectivity index (χ2v) is 4.68. The van der Waals surface area contributed by atoms with Gasteiger partial charge in [-0.1, -0.05) is 6.92 Å². The maximum absolute atomic E-state index is 11.3. The lowest BCUT2D eigenvalue weighted by molar-refractivity contribution is -0.129. The van der Waals surface area contributed by atoms with Crippen LogP contribution in [-0.4, -0.2) is 59.9 Å². The Kier molecular flexibility index (Phi) is 6.47. The van der Waals surface area contributed by atoms with Crippen LogP contribution >= 0.6 is 0 Å². The fourth-order valence-corrected chi connectivity index (χ4v) is 2.03. The molecule has 0 aromatic heterocycles. The lowest BCUT2D eigenvalue weighted by Gasteiger charge is -2.31. The highest BCUT2D eigenvalue weighted by molar-refractivity contribution is 5.80. The average molecular weight is 244 g/mol. The Bertz CT molecular complexity index is 228. The normalized spacial score (nSPS) is 20.2. The molecule has 1 fully saturated rings. The number of amides is 1. The molecule has 0 aromatic carbocycles. The number of hydrogen-bond donors (Lipinski definition) is 3. The Morgan fingerprint density at radius 2 is 2.12 bits per heavy atom. The Labute approximate surface area is 103 Å². The zero-order valence-corrected chi connectivity index (χ0v) is 10.6. The molecule has 0 spiro atoms. The lowest BCUT2D eigenvalue weighted by Crippen LogP contribution is -2.42. The number of aliphatic hydroxyl groups is 2. The monoisotopic (exact) mass is 244 g/mol. The summed E-state index contributed by atoms with van der Waals surface area (Å²) in [6.45, 7) is 5.44. The molecule has 17 heavy (non-hydrogen) atoms. The second kappa shape index (κ2) is 7.63. The van der Waals surface area contributed by atoms with E-state index in [1.165, 1.54) is 0 Å². The number of hydrogen-bond acceptors (Lipinski definition) is 4. The summed E-state index contributed by atoms with van der Waals surface area (Å²) in [6, 6.07) is 0. The lowest BCUT2D eigenvalue weighted by atomic mass is 9.98. The first-order valence-electron chi connectivity index (χ1n) is 6.46. The van der Waals surface area contributed by atoms with Crippen molar-refractivity contribution in [3.63, 3.8) is 0 Å². The van der Waals surface area contributed by atoms with Crippen molar-refractivity contribution in [2.45, 2.75) is 32.3 Å². The summed E-state index contributed by atoms with van der Waals surface area (Å²) in [7, 11) is 0. The van der Waals surface area contributed by atoms with Crippen LogP contribution in [0.5, 0.6) is 0 Å². The first-order valence-corrected chi connectivity index (χ1v) is 6.46. The van der Waals surface area contributed by atoms with E-state index in [2.05, 4.69) is 10.2 Å². The van der Waals surface area contributed by atoms with Crippen LogP contribution in [0.25, 0.3) is 0 Å². The fourth-order valence-electron chi connectivity index (χ4n) is 2.03. The van der Waals surface area contributed by atoms with Crippen LogP contribution in [0.1, 0.15) is 26.2 Å². The maximum Gasteiger partial charge on any atom is 0.248 e. The van der Waals surface area contributed by atoms with Crippen LogP contribution in [0, 0.1) is 5.92 Å². The van der Waals surface area contributed by atoms with Crippen molar-refractivity contribution >= 4 is 5.91 Å². The van der Waals surface area contributed by atoms with Crippen molar-refractivity contribution in [1.82, 2.24) is 10.2 Å². The van der Waals surface area contributed by atoms with Crippen molar-refractivity contribution in [1.29, 1.82) is 0 Å². The molecule has 1 amide bonds. The van der Waals surface area contributed by atoms with E-state index < -0.39 is 6.10 Å². The number of nitrogens with zero attached hydrogens (tertiary/aromatic N) is 1. The van der Waals surface area contributed by atoms with Crippen LogP contribution in [0.2, 0.25) is 0 Å². The van der Waals surface area contributed by atoms with Gasteiger partial charge in [-0.2, -0.15) is 0 Å². The van der Waals surface area contributed by atoms with Crippen molar-refractivity contribution in [2.24, 2.45) is 5.92 Å². The molecule has 1 atom stereocenters. The number of aliphatic hydroxyl groups excluding tert-OH is 2. The molecule has 0 bridgehead atoms. The van der Waals surface area contributed by atoms with E-state index >= 15 is 0 Å². The van der Waals surface area contributed by atoms with E-state index in [1.807, 2.05) is 0 Å². The van der Waals surface area contributed by atoms with E-state index in [1.54, 1.807) is 6.92 Å². The van der Waals surface area contributed by atoms with Gasteiger partial charge in [-0.15, -0.1) is 0 Å². The van der Waals surface area contributed by atoms with Crippen molar-refractivity contribution in [3.8, 4) is 0 Å². The summed E-state index contributed by atoms with van der Waals surface area (Å²) in [5.74, 6) is 0.167. The summed E-state index contributed by atoms with van der Waals surface area (Å²) < 4.78 is 0. The highest BCUT2D eigenvalue weighted by Gasteiger charge is 2.18. The molecule has 3 N–H and O–H groups in total. The third-order valence-corrected chi connectivity index (χ3v) is 3.38. The number of carbonyl (C=O) groups excluding carboxylic acids is 1. The smallest absolute Gasteiger partial charge is 0.248 e. The standard InChI is InChI=1S/C12H24N2O3/c1-2-11(16)12(17)13-5-8-14-6-3-10(9-15)4-7-14/h10-11,15-16H,2-9H2,1H3,(H,13,17). The average Bonchev–Trinajstić information content (AvgIpc) is 2.38. The zero-order valence-electron chi connectivity index (χ0n) is 10.6. The van der Waals surface area contributed by atoms with Gasteiger partial charge in [-0.25, -0.2) is 0 Å². The van der Waals surface area contributed by atoms with Crippen molar-refractivity contribution in [2.75, 3.05) is 32.8 Å². The molecule has 1 unspecified atom stereocenters. The summed E-state index contributed by atoms with van der Waals surface area (Å²) in [4.78, 5) is 13.6. The zero-order chi connectivity index (χ0) is 12.7. The van der Waals surface area contributed by atoms with Gasteiger partial charge in [0, 0.05) is 19.7 Å². The molecule has 5 nitrogen and oxygen atoms in total. The van der Waals surface area contributed by atoms with Gasteiger partial charge in [0.15, 0.2) is 0 Å². The van der Waals surface area contributed by atoms with Crippen molar-refractivity contribution < 1.29 is 15.0 Å². The summed E-state index contributed by atoms with van der Waals surface area (Å²) in [6.07, 6.45) is 1.63. The minimum Gasteiger partial charge on any atom is -0.396 e. The second-order valence-electron chi connectivity index (χ2n) is 4.68.